The van der Waals surface area contributed by atoms with Gasteiger partial charge in [-0.1, -0.05) is 122 Å². The van der Waals surface area contributed by atoms with Crippen molar-refractivity contribution in [3.05, 3.63) is 119 Å². The molecule has 482 valence electrons. The number of Topliss-reactive ketones (excluding diaryl/α,β-unsaturated/α-hetero) is 1. The molecule has 2 bridgehead atoms. The maximum atomic E-state index is 16.5. The molecule has 3 aliphatic carbocycles. The van der Waals surface area contributed by atoms with E-state index in [1.54, 1.807) is 99.6 Å². The Morgan fingerprint density at radius 1 is 0.739 bits per heavy atom. The average Bonchev–Trinajstić information content (AvgIpc) is 0.672. The van der Waals surface area contributed by atoms with Crippen LogP contribution < -0.4 is 5.32 Å². The van der Waals surface area contributed by atoms with E-state index in [1.807, 2.05) is 4.90 Å². The van der Waals surface area contributed by atoms with Crippen molar-refractivity contribution < 1.29 is 85.8 Å². The predicted octanol–water partition coefficient (Wildman–Crippen LogP) is 8.61. The molecule has 0 aromatic heterocycles. The zero-order valence-electron chi connectivity index (χ0n) is 53.3. The number of hydrogen-bond acceptors (Lipinski definition) is 19. The maximum Gasteiger partial charge on any atom is 0.338 e. The second-order valence-electron chi connectivity index (χ2n) is 24.6. The molecular formula is C66H92N2O18Si2. The van der Waals surface area contributed by atoms with Crippen LogP contribution in [-0.2, 0) is 66.0 Å². The third-order valence-electron chi connectivity index (χ3n) is 19.8. The Hall–Kier alpha value is -5.96. The van der Waals surface area contributed by atoms with E-state index in [4.69, 9.17) is 42.0 Å². The van der Waals surface area contributed by atoms with Crippen molar-refractivity contribution in [1.82, 2.24) is 10.2 Å². The van der Waals surface area contributed by atoms with E-state index in [0.29, 0.717) is 31.9 Å². The molecule has 20 nitrogen and oxygen atoms in total. The van der Waals surface area contributed by atoms with Gasteiger partial charge in [-0.2, -0.15) is 0 Å². The summed E-state index contributed by atoms with van der Waals surface area (Å²) in [5.41, 5.74) is -7.42. The summed E-state index contributed by atoms with van der Waals surface area (Å²) in [5.74, 6) is -7.64. The summed E-state index contributed by atoms with van der Waals surface area (Å²) in [6.07, 6.45) is -10.6. The van der Waals surface area contributed by atoms with Crippen LogP contribution in [0.4, 0.5) is 0 Å². The molecule has 1 amide bonds. The minimum Gasteiger partial charge on any atom is -0.456 e. The van der Waals surface area contributed by atoms with E-state index in [9.17, 15) is 39.0 Å². The second kappa shape index (κ2) is 29.3. The lowest BCUT2D eigenvalue weighted by atomic mass is 9.44. The van der Waals surface area contributed by atoms with Crippen LogP contribution in [0.25, 0.3) is 0 Å². The Kier molecular flexibility index (Phi) is 23.2. The largest absolute Gasteiger partial charge is 0.456 e. The number of nitrogens with zero attached hydrogens (tertiary/aromatic N) is 1. The summed E-state index contributed by atoms with van der Waals surface area (Å²) in [4.78, 5) is 103. The normalized spacial score (nSPS) is 26.4. The summed E-state index contributed by atoms with van der Waals surface area (Å²) in [6, 6.07) is 28.7. The van der Waals surface area contributed by atoms with Crippen LogP contribution in [0.15, 0.2) is 102 Å². The Morgan fingerprint density at radius 2 is 1.27 bits per heavy atom. The molecule has 0 spiro atoms. The Morgan fingerprint density at radius 3 is 1.77 bits per heavy atom. The fraction of sp³-hybridized carbons (Fsp3) is 0.591. The monoisotopic (exact) mass is 1260 g/mol. The molecule has 1 aliphatic heterocycles. The third-order valence-corrected chi connectivity index (χ3v) is 29.2. The molecule has 7 rings (SSSR count). The molecular weight excluding hydrogens is 1160 g/mol. The Balaban J connectivity index is 1.30. The lowest BCUT2D eigenvalue weighted by Gasteiger charge is -2.67. The Bertz CT molecular complexity index is 2920. The van der Waals surface area contributed by atoms with Gasteiger partial charge < -0.3 is 57.5 Å². The average molecular weight is 1260 g/mol. The number of ketones is 1. The van der Waals surface area contributed by atoms with Crippen molar-refractivity contribution in [2.75, 3.05) is 46.2 Å². The van der Waals surface area contributed by atoms with Crippen LogP contribution in [0.3, 0.4) is 0 Å². The lowest BCUT2D eigenvalue weighted by molar-refractivity contribution is -0.351. The van der Waals surface area contributed by atoms with Gasteiger partial charge in [0.1, 0.15) is 23.9 Å². The van der Waals surface area contributed by atoms with Gasteiger partial charge in [-0.3, -0.25) is 28.9 Å². The van der Waals surface area contributed by atoms with Crippen molar-refractivity contribution in [1.29, 1.82) is 0 Å². The lowest BCUT2D eigenvalue weighted by Crippen LogP contribution is -2.82. The van der Waals surface area contributed by atoms with Gasteiger partial charge in [-0.15, -0.1) is 0 Å². The van der Waals surface area contributed by atoms with Gasteiger partial charge in [0.15, 0.2) is 47.0 Å². The minimum atomic E-state index is -2.48. The first-order valence-corrected chi connectivity index (χ1v) is 36.1. The van der Waals surface area contributed by atoms with Gasteiger partial charge in [-0.05, 0) is 91.1 Å². The number of ether oxygens (including phenoxy) is 7. The van der Waals surface area contributed by atoms with Crippen molar-refractivity contribution in [3.8, 4) is 0 Å². The van der Waals surface area contributed by atoms with E-state index < -0.39 is 142 Å². The van der Waals surface area contributed by atoms with Gasteiger partial charge in [0.25, 0.3) is 5.91 Å². The van der Waals surface area contributed by atoms with E-state index in [2.05, 4.69) is 46.9 Å². The fourth-order valence-electron chi connectivity index (χ4n) is 14.0. The first-order chi connectivity index (χ1) is 41.8. The number of amides is 1. The van der Waals surface area contributed by atoms with Gasteiger partial charge in [0.05, 0.1) is 42.2 Å². The molecule has 0 radical (unpaired) electrons. The number of aliphatic hydroxyl groups excluding tert-OH is 1. The topological polar surface area (TPSA) is 258 Å². The summed E-state index contributed by atoms with van der Waals surface area (Å²) < 4.78 is 57.4. The molecule has 3 N–H and O–H groups in total. The quantitative estimate of drug-likeness (QED) is 0.0193. The van der Waals surface area contributed by atoms with Crippen LogP contribution in [0, 0.1) is 16.7 Å². The first-order valence-electron chi connectivity index (χ1n) is 31.1. The number of esters is 5. The van der Waals surface area contributed by atoms with Gasteiger partial charge in [0, 0.05) is 64.0 Å². The highest BCUT2D eigenvalue weighted by atomic mass is 28.4. The van der Waals surface area contributed by atoms with E-state index in [1.165, 1.54) is 26.0 Å². The standard InChI is InChI=1S/C66H92N2O18Si2/c1-13-87(14-2,15-3)81-36-34-68(35-37-82-88(16-4,17-5)18-6)40-52(71)80-42-79-50-38-51-65(41-78-51,86-45(9)70)57-59(85-61(75)48-32-26-21-27-33-48)66(77)39-49(43(7)53(63(66,10)11)56(83-44(8)69)58(73)64(50,57)12)84-62(76)55(72)54(46-28-22-19-23-29-46)67-60(74)47-30-24-20-25-31-47/h19-33,49-51,54-57,59,72,77H,13-18,34-42H2,1-12H3,(H,67,74)/t49-,50-,51+,54-,55+,56+,57-,59-,64+,65-,66+/m0/s1. The van der Waals surface area contributed by atoms with Crippen molar-refractivity contribution in [3.63, 3.8) is 0 Å². The molecule has 3 fully saturated rings. The van der Waals surface area contributed by atoms with Crippen molar-refractivity contribution in [2.45, 2.75) is 186 Å². The number of hydrogen-bond donors (Lipinski definition) is 3. The molecule has 2 saturated carbocycles. The van der Waals surface area contributed by atoms with E-state index in [0.717, 1.165) is 43.2 Å². The number of nitrogens with one attached hydrogen (secondary N) is 1. The summed E-state index contributed by atoms with van der Waals surface area (Å²) in [5, 5.41) is 29.1. The SMILES string of the molecule is CC[Si](CC)(CC)OCCN(CCO[Si](CC)(CC)CC)CC(=O)OCO[C@H]1C[C@H]2OC[C@@]2(OC(C)=O)[C@H]2[C@H](OC(=O)c3ccccc3)[C@]3(O)C[C@H](OC(=O)[C@H](O)[C@@H](NC(=O)c4ccccc4)c4ccccc4)C(C)=C([C@@H](OC(C)=O)C(=O)[C@]12C)C3(C)C. The molecule has 4 aliphatic rings. The van der Waals surface area contributed by atoms with Crippen LogP contribution in [0.1, 0.15) is 128 Å². The van der Waals surface area contributed by atoms with Crippen LogP contribution in [0.2, 0.25) is 36.3 Å². The highest BCUT2D eigenvalue weighted by molar-refractivity contribution is 6.74. The molecule has 22 heteroatoms. The smallest absolute Gasteiger partial charge is 0.338 e. The molecule has 3 aromatic rings. The Labute approximate surface area is 519 Å². The van der Waals surface area contributed by atoms with Crippen LogP contribution in [-0.4, -0.2) is 167 Å². The predicted molar refractivity (Wildman–Crippen MR) is 330 cm³/mol. The summed E-state index contributed by atoms with van der Waals surface area (Å²) >= 11 is 0. The molecule has 1 saturated heterocycles. The zero-order chi connectivity index (χ0) is 64.4. The fourth-order valence-corrected chi connectivity index (χ4v) is 19.3. The van der Waals surface area contributed by atoms with Crippen molar-refractivity contribution >= 4 is 58.2 Å². The number of carbonyl (C=O) groups is 7. The first kappa shape index (κ1) is 69.5. The number of benzene rings is 3. The highest BCUT2D eigenvalue weighted by Gasteiger charge is 2.79. The van der Waals surface area contributed by atoms with Crippen LogP contribution in [0.5, 0.6) is 0 Å². The molecule has 0 unspecified atom stereocenters. The molecule has 88 heavy (non-hydrogen) atoms. The number of rotatable bonds is 29. The summed E-state index contributed by atoms with van der Waals surface area (Å²) in [6.45, 7) is 21.9. The number of carbonyl (C=O) groups excluding carboxylic acids is 7. The zero-order valence-corrected chi connectivity index (χ0v) is 55.3. The third kappa shape index (κ3) is 14.3. The van der Waals surface area contributed by atoms with Crippen molar-refractivity contribution in [2.24, 2.45) is 16.7 Å². The molecule has 11 atom stereocenters. The summed E-state index contributed by atoms with van der Waals surface area (Å²) in [7, 11) is -3.95. The second-order valence-corrected chi connectivity index (χ2v) is 34.1. The minimum absolute atomic E-state index is 0.0219. The maximum absolute atomic E-state index is 16.5. The van der Waals surface area contributed by atoms with Gasteiger partial charge >= 0.3 is 29.8 Å². The highest BCUT2D eigenvalue weighted by Crippen LogP contribution is 2.65. The van der Waals surface area contributed by atoms with Crippen LogP contribution >= 0.6 is 0 Å². The number of fused-ring (bicyclic) bond motifs is 5. The molecule has 3 aromatic carbocycles. The van der Waals surface area contributed by atoms with E-state index >= 15 is 4.79 Å². The van der Waals surface area contributed by atoms with E-state index in [-0.39, 0.29) is 41.8 Å². The van der Waals surface area contributed by atoms with Gasteiger partial charge in [-0.25, -0.2) is 9.59 Å². The number of aliphatic hydroxyl groups is 2. The van der Waals surface area contributed by atoms with Gasteiger partial charge in [0.2, 0.25) is 0 Å². The molecule has 1 heterocycles.